The summed E-state index contributed by atoms with van der Waals surface area (Å²) in [6.45, 7) is 2.55. The third-order valence-electron chi connectivity index (χ3n) is 5.33. The summed E-state index contributed by atoms with van der Waals surface area (Å²) in [5.74, 6) is 0.701. The molecule has 0 spiro atoms. The molecule has 1 aliphatic rings. The number of piperazine rings is 1. The lowest BCUT2D eigenvalue weighted by molar-refractivity contribution is 0.0941. The van der Waals surface area contributed by atoms with Gasteiger partial charge in [-0.15, -0.1) is 5.10 Å². The van der Waals surface area contributed by atoms with Gasteiger partial charge in [-0.25, -0.2) is 14.8 Å². The van der Waals surface area contributed by atoms with E-state index in [1.165, 1.54) is 6.33 Å². The first-order valence-corrected chi connectivity index (χ1v) is 10.6. The third-order valence-corrected chi connectivity index (χ3v) is 5.58. The summed E-state index contributed by atoms with van der Waals surface area (Å²) in [6.07, 6.45) is 1.20. The molecule has 2 aromatic heterocycles. The van der Waals surface area contributed by atoms with Gasteiger partial charge in [0.1, 0.15) is 12.9 Å². The number of carbonyl (C=O) groups is 1. The van der Waals surface area contributed by atoms with Gasteiger partial charge in [-0.2, -0.15) is 4.68 Å². The van der Waals surface area contributed by atoms with Crippen molar-refractivity contribution in [2.24, 2.45) is 0 Å². The van der Waals surface area contributed by atoms with Gasteiger partial charge in [0, 0.05) is 31.2 Å². The molecule has 1 saturated heterocycles. The average molecular weight is 450 g/mol. The quantitative estimate of drug-likeness (QED) is 0.472. The Morgan fingerprint density at radius 1 is 0.969 bits per heavy atom. The Balaban J connectivity index is 1.27. The van der Waals surface area contributed by atoms with E-state index in [9.17, 15) is 4.79 Å². The lowest BCUT2D eigenvalue weighted by Gasteiger charge is -2.34. The van der Waals surface area contributed by atoms with Crippen molar-refractivity contribution in [2.75, 3.05) is 31.1 Å². The van der Waals surface area contributed by atoms with Gasteiger partial charge in [-0.3, -0.25) is 0 Å². The first kappa shape index (κ1) is 20.2. The highest BCUT2D eigenvalue weighted by atomic mass is 35.5. The fourth-order valence-corrected chi connectivity index (χ4v) is 3.76. The zero-order chi connectivity index (χ0) is 21.9. The number of rotatable bonds is 4. The second-order valence-electron chi connectivity index (χ2n) is 7.36. The maximum absolute atomic E-state index is 12.4. The van der Waals surface area contributed by atoms with Gasteiger partial charge in [-0.1, -0.05) is 47.1 Å². The molecule has 0 unspecified atom stereocenters. The van der Waals surface area contributed by atoms with Gasteiger partial charge in [0.2, 0.25) is 0 Å². The average Bonchev–Trinajstić information content (AvgIpc) is 3.28. The monoisotopic (exact) mass is 449 g/mol. The molecule has 1 aliphatic heterocycles. The van der Waals surface area contributed by atoms with E-state index in [0.717, 1.165) is 11.3 Å². The Hall–Kier alpha value is -3.72. The Morgan fingerprint density at radius 3 is 2.47 bits per heavy atom. The van der Waals surface area contributed by atoms with E-state index in [0.29, 0.717) is 48.2 Å². The number of benzene rings is 2. The highest BCUT2D eigenvalue weighted by Gasteiger charge is 2.25. The van der Waals surface area contributed by atoms with Crippen LogP contribution in [0.25, 0.3) is 16.9 Å². The minimum atomic E-state index is -0.310. The molecule has 1 fully saturated rings. The third kappa shape index (κ3) is 4.06. The highest BCUT2D eigenvalue weighted by Crippen LogP contribution is 2.24. The number of amides is 1. The maximum atomic E-state index is 12.4. The van der Waals surface area contributed by atoms with Gasteiger partial charge in [0.05, 0.1) is 5.69 Å². The topological polar surface area (TPSA) is 89.3 Å². The molecule has 9 nitrogen and oxygen atoms in total. The Morgan fingerprint density at radius 2 is 1.72 bits per heavy atom. The van der Waals surface area contributed by atoms with E-state index in [1.807, 2.05) is 42.5 Å². The molecule has 1 amide bonds. The fourth-order valence-electron chi connectivity index (χ4n) is 3.64. The molecule has 32 heavy (non-hydrogen) atoms. The van der Waals surface area contributed by atoms with Gasteiger partial charge in [-0.05, 0) is 29.8 Å². The van der Waals surface area contributed by atoms with Crippen LogP contribution in [-0.2, 0) is 11.3 Å². The molecule has 162 valence electrons. The van der Waals surface area contributed by atoms with Crippen molar-refractivity contribution in [3.8, 4) is 5.69 Å². The van der Waals surface area contributed by atoms with Crippen LogP contribution in [0.4, 0.5) is 10.6 Å². The summed E-state index contributed by atoms with van der Waals surface area (Å²) in [5.41, 5.74) is 3.00. The molecule has 0 saturated carbocycles. The van der Waals surface area contributed by atoms with Crippen LogP contribution in [0, 0.1) is 0 Å². The summed E-state index contributed by atoms with van der Waals surface area (Å²) < 4.78 is 7.11. The molecule has 0 aliphatic carbocycles. The number of nitrogens with zero attached hydrogens (tertiary/aromatic N) is 7. The second kappa shape index (κ2) is 8.80. The summed E-state index contributed by atoms with van der Waals surface area (Å²) in [4.78, 5) is 25.1. The predicted octanol–water partition coefficient (Wildman–Crippen LogP) is 3.32. The molecule has 0 N–H and O–H groups in total. The lowest BCUT2D eigenvalue weighted by Crippen LogP contribution is -2.49. The number of carbonyl (C=O) groups excluding carboxylic acids is 1. The number of anilines is 1. The van der Waals surface area contributed by atoms with Crippen molar-refractivity contribution >= 4 is 34.7 Å². The second-order valence-corrected chi connectivity index (χ2v) is 7.80. The molecule has 2 aromatic carbocycles. The van der Waals surface area contributed by atoms with Crippen LogP contribution >= 0.6 is 11.6 Å². The largest absolute Gasteiger partial charge is 0.445 e. The van der Waals surface area contributed by atoms with E-state index >= 15 is 0 Å². The fraction of sp³-hybridized carbons (Fsp3) is 0.227. The molecule has 0 atom stereocenters. The first-order valence-electron chi connectivity index (χ1n) is 10.2. The van der Waals surface area contributed by atoms with E-state index in [-0.39, 0.29) is 12.7 Å². The molecular formula is C22H20ClN7O2. The molecule has 0 bridgehead atoms. The molecule has 10 heteroatoms. The Bertz CT molecular complexity index is 1220. The normalized spacial score (nSPS) is 14.0. The summed E-state index contributed by atoms with van der Waals surface area (Å²) >= 11 is 5.99. The van der Waals surface area contributed by atoms with Crippen molar-refractivity contribution < 1.29 is 9.53 Å². The smallest absolute Gasteiger partial charge is 0.410 e. The van der Waals surface area contributed by atoms with Crippen LogP contribution in [0.1, 0.15) is 5.56 Å². The van der Waals surface area contributed by atoms with Crippen LogP contribution in [0.5, 0.6) is 0 Å². The van der Waals surface area contributed by atoms with Crippen LogP contribution in [-0.4, -0.2) is 62.1 Å². The minimum Gasteiger partial charge on any atom is -0.445 e. The van der Waals surface area contributed by atoms with Gasteiger partial charge in [0.25, 0.3) is 0 Å². The molecule has 0 radical (unpaired) electrons. The summed E-state index contributed by atoms with van der Waals surface area (Å²) in [6, 6.07) is 17.0. The number of halogens is 1. The van der Waals surface area contributed by atoms with Crippen molar-refractivity contribution in [3.63, 3.8) is 0 Å². The van der Waals surface area contributed by atoms with Crippen LogP contribution in [0.15, 0.2) is 60.9 Å². The molecule has 3 heterocycles. The zero-order valence-corrected chi connectivity index (χ0v) is 17.9. The van der Waals surface area contributed by atoms with Crippen molar-refractivity contribution in [1.82, 2.24) is 29.9 Å². The highest BCUT2D eigenvalue weighted by molar-refractivity contribution is 6.30. The SMILES string of the molecule is O=C(OCc1ccccc1)N1CCN(c2ncnc3c2nnn3-c2ccc(Cl)cc2)CC1. The van der Waals surface area contributed by atoms with E-state index < -0.39 is 0 Å². The number of ether oxygens (including phenoxy) is 1. The minimum absolute atomic E-state index is 0.264. The van der Waals surface area contributed by atoms with E-state index in [1.54, 1.807) is 21.7 Å². The lowest BCUT2D eigenvalue weighted by atomic mass is 10.2. The van der Waals surface area contributed by atoms with Crippen molar-refractivity contribution in [1.29, 1.82) is 0 Å². The van der Waals surface area contributed by atoms with E-state index in [2.05, 4.69) is 25.2 Å². The van der Waals surface area contributed by atoms with Crippen LogP contribution in [0.3, 0.4) is 0 Å². The van der Waals surface area contributed by atoms with Crippen LogP contribution < -0.4 is 4.90 Å². The maximum Gasteiger partial charge on any atom is 0.410 e. The van der Waals surface area contributed by atoms with Gasteiger partial charge >= 0.3 is 6.09 Å². The molecular weight excluding hydrogens is 430 g/mol. The van der Waals surface area contributed by atoms with Crippen molar-refractivity contribution in [2.45, 2.75) is 6.61 Å². The predicted molar refractivity (Wildman–Crippen MR) is 120 cm³/mol. The number of fused-ring (bicyclic) bond motifs is 1. The summed E-state index contributed by atoms with van der Waals surface area (Å²) in [7, 11) is 0. The standard InChI is InChI=1S/C22H20ClN7O2/c23-17-6-8-18(9-7-17)30-21-19(26-27-30)20(24-15-25-21)28-10-12-29(13-11-28)22(31)32-14-16-4-2-1-3-5-16/h1-9,15H,10-14H2. The van der Waals surface area contributed by atoms with Gasteiger partial charge in [0.15, 0.2) is 17.0 Å². The van der Waals surface area contributed by atoms with E-state index in [4.69, 9.17) is 16.3 Å². The number of hydrogen-bond acceptors (Lipinski definition) is 7. The zero-order valence-electron chi connectivity index (χ0n) is 17.1. The Kier molecular flexibility index (Phi) is 5.55. The molecule has 4 aromatic rings. The first-order chi connectivity index (χ1) is 15.7. The number of hydrogen-bond donors (Lipinski definition) is 0. The Labute approximate surface area is 189 Å². The van der Waals surface area contributed by atoms with Crippen LogP contribution in [0.2, 0.25) is 5.02 Å². The summed E-state index contributed by atoms with van der Waals surface area (Å²) in [5, 5.41) is 9.22. The van der Waals surface area contributed by atoms with Crippen molar-refractivity contribution in [3.05, 3.63) is 71.5 Å². The van der Waals surface area contributed by atoms with Gasteiger partial charge < -0.3 is 14.5 Å². The molecule has 5 rings (SSSR count). The number of aromatic nitrogens is 5.